The highest BCUT2D eigenvalue weighted by molar-refractivity contribution is 6.10. The average Bonchev–Trinajstić information content (AvgIpc) is 3.00. The minimum Gasteiger partial charge on any atom is -0.495 e. The summed E-state index contributed by atoms with van der Waals surface area (Å²) in [5.74, 6) is 1.40. The van der Waals surface area contributed by atoms with Gasteiger partial charge in [-0.15, -0.1) is 0 Å². The van der Waals surface area contributed by atoms with Gasteiger partial charge in [0, 0.05) is 34.5 Å². The quantitative estimate of drug-likeness (QED) is 0.297. The van der Waals surface area contributed by atoms with E-state index in [-0.39, 0.29) is 23.7 Å². The Morgan fingerprint density at radius 3 is 2.23 bits per heavy atom. The Morgan fingerprint density at radius 2 is 1.53 bits per heavy atom. The maximum atomic E-state index is 14.2. The highest BCUT2D eigenvalue weighted by atomic mass is 16.5. The molecule has 2 aliphatic rings. The largest absolute Gasteiger partial charge is 0.495 e. The van der Waals surface area contributed by atoms with E-state index in [4.69, 9.17) is 18.9 Å². The summed E-state index contributed by atoms with van der Waals surface area (Å²) in [5.41, 5.74) is 4.84. The molecule has 0 saturated heterocycles. The van der Waals surface area contributed by atoms with Crippen LogP contribution in [0.5, 0.6) is 23.0 Å². The summed E-state index contributed by atoms with van der Waals surface area (Å²) >= 11 is 0. The number of carbonyl (C=O) groups is 2. The van der Waals surface area contributed by atoms with E-state index in [1.807, 2.05) is 75.4 Å². The Morgan fingerprint density at radius 1 is 0.860 bits per heavy atom. The number of ether oxygens (including phenoxy) is 4. The Bertz CT molecular complexity index is 1610. The van der Waals surface area contributed by atoms with Crippen LogP contribution in [-0.4, -0.2) is 39.1 Å². The lowest BCUT2D eigenvalue weighted by atomic mass is 9.71. The Balaban J connectivity index is 1.60. The smallest absolute Gasteiger partial charge is 0.254 e. The lowest BCUT2D eigenvalue weighted by Gasteiger charge is -2.37. The minimum atomic E-state index is -0.625. The standard InChI is InChI=1S/C35H38N2O6/c1-20(2)43-28-13-9-7-11-24(28)33-32(35(39)37-25-12-8-10-14-29(25)40-4)21(3)36-26-17-23(18-27(38)34(26)33)22-15-16-30(41-5)31(19-22)42-6/h7-16,19-20,23,33,36H,17-18H2,1-6H3,(H,37,39)/t23-,33+/m0/s1. The third-order valence-electron chi connectivity index (χ3n) is 7.90. The van der Waals surface area contributed by atoms with Crippen molar-refractivity contribution in [2.24, 2.45) is 0 Å². The van der Waals surface area contributed by atoms with E-state index in [0.29, 0.717) is 58.4 Å². The number of nitrogens with one attached hydrogen (secondary N) is 2. The molecule has 2 atom stereocenters. The Labute approximate surface area is 252 Å². The second-order valence-corrected chi connectivity index (χ2v) is 11.0. The highest BCUT2D eigenvalue weighted by Gasteiger charge is 2.42. The molecule has 2 N–H and O–H groups in total. The topological polar surface area (TPSA) is 95.1 Å². The number of amides is 1. The monoisotopic (exact) mass is 582 g/mol. The van der Waals surface area contributed by atoms with Crippen molar-refractivity contribution in [3.8, 4) is 23.0 Å². The first-order valence-corrected chi connectivity index (χ1v) is 14.4. The number of para-hydroxylation sites is 3. The number of carbonyl (C=O) groups excluding carboxylic acids is 2. The fourth-order valence-electron chi connectivity index (χ4n) is 6.01. The zero-order valence-electron chi connectivity index (χ0n) is 25.4. The Kier molecular flexibility index (Phi) is 8.76. The molecule has 1 amide bonds. The van der Waals surface area contributed by atoms with Gasteiger partial charge in [0.05, 0.1) is 39.0 Å². The molecule has 8 nitrogen and oxygen atoms in total. The summed E-state index contributed by atoms with van der Waals surface area (Å²) < 4.78 is 22.6. The van der Waals surface area contributed by atoms with E-state index in [0.717, 1.165) is 16.8 Å². The lowest BCUT2D eigenvalue weighted by Crippen LogP contribution is -2.37. The van der Waals surface area contributed by atoms with Crippen molar-refractivity contribution < 1.29 is 28.5 Å². The van der Waals surface area contributed by atoms with Crippen molar-refractivity contribution in [2.75, 3.05) is 26.6 Å². The lowest BCUT2D eigenvalue weighted by molar-refractivity contribution is -0.116. The van der Waals surface area contributed by atoms with E-state index in [1.165, 1.54) is 0 Å². The van der Waals surface area contributed by atoms with Gasteiger partial charge in [-0.3, -0.25) is 9.59 Å². The van der Waals surface area contributed by atoms with Gasteiger partial charge in [-0.1, -0.05) is 36.4 Å². The zero-order valence-corrected chi connectivity index (χ0v) is 25.4. The average molecular weight is 583 g/mol. The number of Topliss-reactive ketones (excluding diaryl/α,β-unsaturated/α-hetero) is 1. The first kappa shape index (κ1) is 29.8. The number of hydrogen-bond donors (Lipinski definition) is 2. The maximum Gasteiger partial charge on any atom is 0.254 e. The predicted octanol–water partition coefficient (Wildman–Crippen LogP) is 6.50. The third-order valence-corrected chi connectivity index (χ3v) is 7.90. The second kappa shape index (κ2) is 12.7. The van der Waals surface area contributed by atoms with Crippen LogP contribution in [0.1, 0.15) is 56.6 Å². The maximum absolute atomic E-state index is 14.2. The molecule has 1 heterocycles. The van der Waals surface area contributed by atoms with Crippen LogP contribution in [0.2, 0.25) is 0 Å². The predicted molar refractivity (Wildman–Crippen MR) is 166 cm³/mol. The summed E-state index contributed by atoms with van der Waals surface area (Å²) in [7, 11) is 4.76. The number of hydrogen-bond acceptors (Lipinski definition) is 7. The number of allylic oxidation sites excluding steroid dienone is 3. The van der Waals surface area contributed by atoms with Gasteiger partial charge < -0.3 is 29.6 Å². The molecule has 3 aromatic rings. The third kappa shape index (κ3) is 5.95. The number of methoxy groups -OCH3 is 3. The van der Waals surface area contributed by atoms with Gasteiger partial charge in [0.1, 0.15) is 11.5 Å². The van der Waals surface area contributed by atoms with Crippen molar-refractivity contribution >= 4 is 17.4 Å². The van der Waals surface area contributed by atoms with Gasteiger partial charge >= 0.3 is 0 Å². The molecule has 0 unspecified atom stereocenters. The van der Waals surface area contributed by atoms with Gasteiger partial charge in [-0.05, 0) is 69.0 Å². The van der Waals surface area contributed by atoms with Crippen molar-refractivity contribution in [3.05, 3.63) is 100 Å². The molecular weight excluding hydrogens is 544 g/mol. The number of dihydropyridines is 1. The normalized spacial score (nSPS) is 18.2. The van der Waals surface area contributed by atoms with Gasteiger partial charge in [0.15, 0.2) is 17.3 Å². The molecule has 0 spiro atoms. The van der Waals surface area contributed by atoms with Crippen LogP contribution in [0.15, 0.2) is 89.3 Å². The van der Waals surface area contributed by atoms with E-state index in [9.17, 15) is 9.59 Å². The van der Waals surface area contributed by atoms with Crippen LogP contribution in [0.4, 0.5) is 5.69 Å². The molecule has 224 valence electrons. The fourth-order valence-corrected chi connectivity index (χ4v) is 6.01. The number of benzene rings is 3. The van der Waals surface area contributed by atoms with Crippen LogP contribution in [-0.2, 0) is 9.59 Å². The van der Waals surface area contributed by atoms with E-state index < -0.39 is 5.92 Å². The Hall–Kier alpha value is -4.72. The van der Waals surface area contributed by atoms with Crippen molar-refractivity contribution in [1.29, 1.82) is 0 Å². The summed E-state index contributed by atoms with van der Waals surface area (Å²) in [6, 6.07) is 20.7. The summed E-state index contributed by atoms with van der Waals surface area (Å²) in [6.07, 6.45) is 0.794. The van der Waals surface area contributed by atoms with Gasteiger partial charge in [-0.25, -0.2) is 0 Å². The highest BCUT2D eigenvalue weighted by Crippen LogP contribution is 2.48. The molecule has 0 saturated carbocycles. The molecule has 0 aromatic heterocycles. The number of rotatable bonds is 9. The summed E-state index contributed by atoms with van der Waals surface area (Å²) in [4.78, 5) is 28.3. The van der Waals surface area contributed by atoms with Crippen molar-refractivity contribution in [2.45, 2.75) is 51.6 Å². The first-order valence-electron chi connectivity index (χ1n) is 14.4. The molecule has 8 heteroatoms. The number of anilines is 1. The van der Waals surface area contributed by atoms with Crippen LogP contribution in [0, 0.1) is 0 Å². The molecule has 0 bridgehead atoms. The molecule has 1 aliphatic heterocycles. The fraction of sp³-hybridized carbons (Fsp3) is 0.314. The van der Waals surface area contributed by atoms with Crippen LogP contribution in [0.25, 0.3) is 0 Å². The molecule has 1 aliphatic carbocycles. The molecule has 43 heavy (non-hydrogen) atoms. The molecule has 0 fully saturated rings. The van der Waals surface area contributed by atoms with E-state index in [1.54, 1.807) is 33.5 Å². The molecular formula is C35H38N2O6. The first-order chi connectivity index (χ1) is 20.7. The van der Waals surface area contributed by atoms with E-state index in [2.05, 4.69) is 10.6 Å². The number of ketones is 1. The van der Waals surface area contributed by atoms with Crippen LogP contribution < -0.4 is 29.6 Å². The van der Waals surface area contributed by atoms with Gasteiger partial charge in [0.25, 0.3) is 5.91 Å². The molecule has 0 radical (unpaired) electrons. The molecule has 3 aromatic carbocycles. The van der Waals surface area contributed by atoms with Crippen molar-refractivity contribution in [1.82, 2.24) is 5.32 Å². The van der Waals surface area contributed by atoms with E-state index >= 15 is 0 Å². The van der Waals surface area contributed by atoms with Crippen LogP contribution in [0.3, 0.4) is 0 Å². The summed E-state index contributed by atoms with van der Waals surface area (Å²) in [5, 5.41) is 6.48. The van der Waals surface area contributed by atoms with Crippen molar-refractivity contribution in [3.63, 3.8) is 0 Å². The summed E-state index contributed by atoms with van der Waals surface area (Å²) in [6.45, 7) is 5.80. The van der Waals surface area contributed by atoms with Gasteiger partial charge in [0.2, 0.25) is 0 Å². The SMILES string of the molecule is COc1ccccc1NC(=O)C1=C(C)NC2=C(C(=O)C[C@@H](c3ccc(OC)c(OC)c3)C2)[C@@H]1c1ccccc1OC(C)C. The van der Waals surface area contributed by atoms with Crippen LogP contribution >= 0.6 is 0 Å². The second-order valence-electron chi connectivity index (χ2n) is 11.0. The minimum absolute atomic E-state index is 0.0204. The molecule has 5 rings (SSSR count). The zero-order chi connectivity index (χ0) is 30.7. The van der Waals surface area contributed by atoms with Gasteiger partial charge in [-0.2, -0.15) is 0 Å².